The van der Waals surface area contributed by atoms with Crippen LogP contribution in [0.25, 0.3) is 22.6 Å². The maximum atomic E-state index is 13.7. The van der Waals surface area contributed by atoms with Gasteiger partial charge < -0.3 is 34.3 Å². The molecule has 11 nitrogen and oxygen atoms in total. The summed E-state index contributed by atoms with van der Waals surface area (Å²) >= 11 is 0. The highest BCUT2D eigenvalue weighted by molar-refractivity contribution is 5.82. The number of ether oxygens (including phenoxy) is 3. The van der Waals surface area contributed by atoms with E-state index in [1.807, 2.05) is 40.0 Å². The van der Waals surface area contributed by atoms with Crippen molar-refractivity contribution in [1.82, 2.24) is 35.1 Å². The Morgan fingerprint density at radius 2 is 1.80 bits per heavy atom. The summed E-state index contributed by atoms with van der Waals surface area (Å²) in [5.74, 6) is -0.0472. The van der Waals surface area contributed by atoms with E-state index in [-0.39, 0.29) is 30.9 Å². The molecule has 1 aliphatic rings. The minimum absolute atomic E-state index is 0.111. The van der Waals surface area contributed by atoms with Crippen molar-refractivity contribution in [3.63, 3.8) is 0 Å². The smallest absolute Gasteiger partial charge is 0.316 e. The van der Waals surface area contributed by atoms with Crippen LogP contribution in [0, 0.1) is 11.2 Å². The summed E-state index contributed by atoms with van der Waals surface area (Å²) in [4.78, 5) is 33.7. The number of benzene rings is 1. The topological polar surface area (TPSA) is 118 Å². The van der Waals surface area contributed by atoms with Crippen LogP contribution < -0.4 is 10.1 Å². The lowest BCUT2D eigenvalue weighted by Gasteiger charge is -2.35. The molecule has 0 radical (unpaired) electrons. The zero-order chi connectivity index (χ0) is 28.7. The fourth-order valence-corrected chi connectivity index (χ4v) is 4.08. The van der Waals surface area contributed by atoms with Crippen LogP contribution in [-0.2, 0) is 14.3 Å². The molecule has 1 saturated heterocycles. The van der Waals surface area contributed by atoms with Crippen molar-refractivity contribution in [3.05, 3.63) is 48.2 Å². The second-order valence-electron chi connectivity index (χ2n) is 10.7. The van der Waals surface area contributed by atoms with E-state index in [2.05, 4.69) is 25.2 Å². The molecule has 0 saturated carbocycles. The number of hydrogen-bond acceptors (Lipinski definition) is 9. The first-order valence-corrected chi connectivity index (χ1v) is 13.3. The lowest BCUT2D eigenvalue weighted by Crippen LogP contribution is -2.49. The van der Waals surface area contributed by atoms with Crippen molar-refractivity contribution in [1.29, 1.82) is 0 Å². The van der Waals surface area contributed by atoms with Crippen LogP contribution in [0.5, 0.6) is 6.01 Å². The van der Waals surface area contributed by atoms with Crippen molar-refractivity contribution in [2.24, 2.45) is 5.41 Å². The number of likely N-dealkylation sites (N-methyl/N-ethyl adjacent to an activating group) is 1. The number of hydrogen-bond donors (Lipinski definition) is 2. The third-order valence-electron chi connectivity index (χ3n) is 6.44. The highest BCUT2D eigenvalue weighted by Crippen LogP contribution is 2.35. The molecule has 0 unspecified atom stereocenters. The van der Waals surface area contributed by atoms with Crippen LogP contribution in [0.3, 0.4) is 0 Å². The Labute approximate surface area is 234 Å². The third kappa shape index (κ3) is 7.60. The SMILES string of the molecule is CN(C)CCCNC(=O)C1(C)COC(c2nc(-c3ccc(F)cc3)c(-c3ccnc(OCCN(C)C)n3)[nH]2)OC1. The Morgan fingerprint density at radius 1 is 1.10 bits per heavy atom. The van der Waals surface area contributed by atoms with Crippen LogP contribution >= 0.6 is 0 Å². The number of aromatic nitrogens is 4. The van der Waals surface area contributed by atoms with Crippen LogP contribution in [0.15, 0.2) is 36.5 Å². The molecular formula is C28H38FN7O4. The quantitative estimate of drug-likeness (QED) is 0.325. The van der Waals surface area contributed by atoms with Crippen molar-refractivity contribution >= 4 is 5.91 Å². The molecule has 4 rings (SSSR count). The highest BCUT2D eigenvalue weighted by atomic mass is 19.1. The summed E-state index contributed by atoms with van der Waals surface area (Å²) in [6, 6.07) is 8.02. The van der Waals surface area contributed by atoms with Gasteiger partial charge in [0.1, 0.15) is 12.4 Å². The van der Waals surface area contributed by atoms with Gasteiger partial charge >= 0.3 is 6.01 Å². The lowest BCUT2D eigenvalue weighted by atomic mass is 9.91. The summed E-state index contributed by atoms with van der Waals surface area (Å²) in [5, 5.41) is 2.98. The number of rotatable bonds is 12. The Morgan fingerprint density at radius 3 is 2.48 bits per heavy atom. The van der Waals surface area contributed by atoms with Crippen LogP contribution in [0.1, 0.15) is 25.5 Å². The van der Waals surface area contributed by atoms with Gasteiger partial charge in [-0.25, -0.2) is 14.4 Å². The van der Waals surface area contributed by atoms with E-state index in [9.17, 15) is 9.18 Å². The van der Waals surface area contributed by atoms with Crippen molar-refractivity contribution < 1.29 is 23.4 Å². The molecular weight excluding hydrogens is 517 g/mol. The van der Waals surface area contributed by atoms with E-state index >= 15 is 0 Å². The van der Waals surface area contributed by atoms with Crippen molar-refractivity contribution in [2.75, 3.05) is 67.6 Å². The molecule has 1 amide bonds. The number of carbonyl (C=O) groups is 1. The van der Waals surface area contributed by atoms with Crippen LogP contribution in [0.4, 0.5) is 4.39 Å². The molecule has 2 aromatic heterocycles. The fraction of sp³-hybridized carbons (Fsp3) is 0.500. The molecule has 1 aliphatic heterocycles. The van der Waals surface area contributed by atoms with E-state index in [4.69, 9.17) is 19.2 Å². The molecule has 3 heterocycles. The summed E-state index contributed by atoms with van der Waals surface area (Å²) in [6.45, 7) is 4.76. The predicted molar refractivity (Wildman–Crippen MR) is 148 cm³/mol. The largest absolute Gasteiger partial charge is 0.462 e. The van der Waals surface area contributed by atoms with Crippen molar-refractivity contribution in [3.8, 4) is 28.7 Å². The van der Waals surface area contributed by atoms with Gasteiger partial charge in [0.2, 0.25) is 12.2 Å². The summed E-state index contributed by atoms with van der Waals surface area (Å²) in [6.07, 6.45) is 1.64. The average Bonchev–Trinajstić information content (AvgIpc) is 3.37. The molecule has 1 fully saturated rings. The summed E-state index contributed by atoms with van der Waals surface area (Å²) in [5.41, 5.74) is 1.54. The van der Waals surface area contributed by atoms with Gasteiger partial charge in [0, 0.05) is 24.8 Å². The molecule has 2 N–H and O–H groups in total. The van der Waals surface area contributed by atoms with Gasteiger partial charge in [-0.15, -0.1) is 0 Å². The first-order chi connectivity index (χ1) is 19.1. The van der Waals surface area contributed by atoms with Crippen LogP contribution in [-0.4, -0.2) is 103 Å². The molecule has 0 aliphatic carbocycles. The molecule has 0 atom stereocenters. The van der Waals surface area contributed by atoms with E-state index in [0.717, 1.165) is 13.0 Å². The minimum atomic E-state index is -0.824. The monoisotopic (exact) mass is 555 g/mol. The zero-order valence-electron chi connectivity index (χ0n) is 23.7. The van der Waals surface area contributed by atoms with Gasteiger partial charge in [0.25, 0.3) is 0 Å². The first-order valence-electron chi connectivity index (χ1n) is 13.3. The van der Waals surface area contributed by atoms with Gasteiger partial charge in [0.05, 0.1) is 35.7 Å². The minimum Gasteiger partial charge on any atom is -0.462 e. The van der Waals surface area contributed by atoms with Gasteiger partial charge in [-0.1, -0.05) is 0 Å². The average molecular weight is 556 g/mol. The number of aromatic amines is 1. The number of nitrogens with zero attached hydrogens (tertiary/aromatic N) is 5. The van der Waals surface area contributed by atoms with Gasteiger partial charge in [-0.05, 0) is 78.4 Å². The highest BCUT2D eigenvalue weighted by Gasteiger charge is 2.40. The first kappa shape index (κ1) is 29.5. The van der Waals surface area contributed by atoms with E-state index in [0.29, 0.717) is 48.2 Å². The molecule has 1 aromatic carbocycles. The molecule has 3 aromatic rings. The fourth-order valence-electron chi connectivity index (χ4n) is 4.08. The van der Waals surface area contributed by atoms with E-state index in [1.54, 1.807) is 24.4 Å². The second kappa shape index (κ2) is 13.3. The molecule has 12 heteroatoms. The van der Waals surface area contributed by atoms with Crippen LogP contribution in [0.2, 0.25) is 0 Å². The molecule has 40 heavy (non-hydrogen) atoms. The zero-order valence-corrected chi connectivity index (χ0v) is 23.7. The molecule has 0 bridgehead atoms. The Kier molecular flexibility index (Phi) is 9.80. The standard InChI is InChI=1S/C28H38FN7O4/c1-28(26(37)30-12-6-14-35(2)3)17-39-25(40-18-28)24-33-22(19-7-9-20(29)10-8-19)23(34-24)21-11-13-31-27(32-21)38-16-15-36(4)5/h7-11,13,25H,6,12,14-18H2,1-5H3,(H,30,37)(H,33,34). The van der Waals surface area contributed by atoms with Crippen molar-refractivity contribution in [2.45, 2.75) is 19.6 Å². The Hall–Kier alpha value is -3.45. The predicted octanol–water partition coefficient (Wildman–Crippen LogP) is 2.73. The van der Waals surface area contributed by atoms with Gasteiger partial charge in [0.15, 0.2) is 5.82 Å². The normalized spacial score (nSPS) is 19.2. The van der Waals surface area contributed by atoms with Gasteiger partial charge in [-0.2, -0.15) is 4.98 Å². The Bertz CT molecular complexity index is 1260. The third-order valence-corrected chi connectivity index (χ3v) is 6.44. The number of amides is 1. The Balaban J connectivity index is 1.52. The number of H-pyrrole nitrogens is 1. The van der Waals surface area contributed by atoms with E-state index < -0.39 is 11.7 Å². The molecule has 216 valence electrons. The number of nitrogens with one attached hydrogen (secondary N) is 2. The number of imidazole rings is 1. The maximum absolute atomic E-state index is 13.7. The number of halogens is 1. The maximum Gasteiger partial charge on any atom is 0.316 e. The lowest BCUT2D eigenvalue weighted by molar-refractivity contribution is -0.231. The summed E-state index contributed by atoms with van der Waals surface area (Å²) < 4.78 is 31.4. The summed E-state index contributed by atoms with van der Waals surface area (Å²) in [7, 11) is 7.91. The van der Waals surface area contributed by atoms with Gasteiger partial charge in [-0.3, -0.25) is 4.79 Å². The molecule has 0 spiro atoms. The second-order valence-corrected chi connectivity index (χ2v) is 10.7. The number of carbonyl (C=O) groups excluding carboxylic acids is 1. The van der Waals surface area contributed by atoms with E-state index in [1.165, 1.54) is 12.1 Å².